The van der Waals surface area contributed by atoms with Crippen LogP contribution < -0.4 is 10.1 Å². The van der Waals surface area contributed by atoms with E-state index in [1.165, 1.54) is 12.5 Å². The Morgan fingerprint density at radius 2 is 1.62 bits per heavy atom. The number of benzene rings is 3. The Morgan fingerprint density at radius 3 is 2.38 bits per heavy atom. The van der Waals surface area contributed by atoms with Crippen LogP contribution in [0.15, 0.2) is 66.7 Å². The van der Waals surface area contributed by atoms with Gasteiger partial charge in [-0.2, -0.15) is 0 Å². The van der Waals surface area contributed by atoms with Gasteiger partial charge in [0, 0.05) is 18.9 Å². The molecule has 0 heterocycles. The number of fused-ring (bicyclic) bond motifs is 3. The molecule has 0 saturated carbocycles. The first kappa shape index (κ1) is 16.1. The molecular weight excluding hydrogens is 326 g/mol. The molecule has 0 aromatic heterocycles. The lowest BCUT2D eigenvalue weighted by Gasteiger charge is -2.15. The Labute approximate surface area is 151 Å². The van der Waals surface area contributed by atoms with Gasteiger partial charge >= 0.3 is 5.97 Å². The SMILES string of the molecule is CC(=O)Nc1ccc2c(c1OC(=O)c1ccccc1)Cc1ccccc1-2. The second-order valence-electron chi connectivity index (χ2n) is 6.24. The third kappa shape index (κ3) is 2.86. The minimum Gasteiger partial charge on any atom is -0.420 e. The average molecular weight is 343 g/mol. The minimum absolute atomic E-state index is 0.211. The van der Waals surface area contributed by atoms with Gasteiger partial charge in [0.2, 0.25) is 5.91 Å². The molecule has 1 aliphatic rings. The van der Waals surface area contributed by atoms with Gasteiger partial charge < -0.3 is 10.1 Å². The van der Waals surface area contributed by atoms with Gasteiger partial charge in [-0.1, -0.05) is 48.5 Å². The summed E-state index contributed by atoms with van der Waals surface area (Å²) in [6.07, 6.45) is 0.663. The number of carbonyl (C=O) groups is 2. The van der Waals surface area contributed by atoms with Crippen LogP contribution in [0.1, 0.15) is 28.4 Å². The summed E-state index contributed by atoms with van der Waals surface area (Å²) in [5.74, 6) is -0.234. The Hall–Kier alpha value is -3.40. The lowest BCUT2D eigenvalue weighted by molar-refractivity contribution is -0.114. The number of nitrogens with one attached hydrogen (secondary N) is 1. The van der Waals surface area contributed by atoms with Crippen LogP contribution in [0, 0.1) is 0 Å². The molecule has 0 bridgehead atoms. The largest absolute Gasteiger partial charge is 0.420 e. The molecule has 4 rings (SSSR count). The number of ether oxygens (including phenoxy) is 1. The smallest absolute Gasteiger partial charge is 0.343 e. The maximum atomic E-state index is 12.6. The van der Waals surface area contributed by atoms with E-state index < -0.39 is 5.97 Å². The predicted molar refractivity (Wildman–Crippen MR) is 100 cm³/mol. The van der Waals surface area contributed by atoms with Crippen molar-refractivity contribution >= 4 is 17.6 Å². The quantitative estimate of drug-likeness (QED) is 0.442. The highest BCUT2D eigenvalue weighted by Gasteiger charge is 2.26. The summed E-state index contributed by atoms with van der Waals surface area (Å²) in [6.45, 7) is 1.44. The van der Waals surface area contributed by atoms with Gasteiger partial charge in [0.15, 0.2) is 5.75 Å². The summed E-state index contributed by atoms with van der Waals surface area (Å²) >= 11 is 0. The molecule has 3 aromatic carbocycles. The van der Waals surface area contributed by atoms with Crippen LogP contribution in [0.4, 0.5) is 5.69 Å². The molecule has 4 nitrogen and oxygen atoms in total. The molecule has 1 aliphatic carbocycles. The highest BCUT2D eigenvalue weighted by molar-refractivity contribution is 5.96. The summed E-state index contributed by atoms with van der Waals surface area (Å²) < 4.78 is 5.75. The number of carbonyl (C=O) groups excluding carboxylic acids is 2. The van der Waals surface area contributed by atoms with Gasteiger partial charge in [0.25, 0.3) is 0 Å². The fourth-order valence-corrected chi connectivity index (χ4v) is 3.31. The normalized spacial score (nSPS) is 11.4. The second-order valence-corrected chi connectivity index (χ2v) is 6.24. The first-order valence-electron chi connectivity index (χ1n) is 8.42. The molecule has 0 spiro atoms. The lowest BCUT2D eigenvalue weighted by Crippen LogP contribution is -2.13. The summed E-state index contributed by atoms with van der Waals surface area (Å²) in [5.41, 5.74) is 5.24. The van der Waals surface area contributed by atoms with E-state index >= 15 is 0 Å². The number of amides is 1. The van der Waals surface area contributed by atoms with Crippen LogP contribution in [0.3, 0.4) is 0 Å². The molecule has 0 saturated heterocycles. The van der Waals surface area contributed by atoms with E-state index in [2.05, 4.69) is 17.4 Å². The Balaban J connectivity index is 1.79. The first-order valence-corrected chi connectivity index (χ1v) is 8.42. The van der Waals surface area contributed by atoms with E-state index in [9.17, 15) is 9.59 Å². The van der Waals surface area contributed by atoms with Gasteiger partial charge in [0.1, 0.15) is 0 Å². The van der Waals surface area contributed by atoms with E-state index in [-0.39, 0.29) is 5.91 Å². The fourth-order valence-electron chi connectivity index (χ4n) is 3.31. The Morgan fingerprint density at radius 1 is 0.885 bits per heavy atom. The van der Waals surface area contributed by atoms with Gasteiger partial charge in [0.05, 0.1) is 11.3 Å². The number of anilines is 1. The lowest BCUT2D eigenvalue weighted by atomic mass is 10.0. The molecule has 0 radical (unpaired) electrons. The first-order chi connectivity index (χ1) is 12.6. The molecular formula is C22H17NO3. The Bertz CT molecular complexity index is 1010. The van der Waals surface area contributed by atoms with Crippen LogP contribution in [0.5, 0.6) is 5.75 Å². The monoisotopic (exact) mass is 343 g/mol. The van der Waals surface area contributed by atoms with E-state index in [4.69, 9.17) is 4.74 Å². The standard InChI is InChI=1S/C22H17NO3/c1-14(24)23-20-12-11-18-17-10-6-5-9-16(17)13-19(18)21(20)26-22(25)15-7-3-2-4-8-15/h2-12H,13H2,1H3,(H,23,24). The van der Waals surface area contributed by atoms with E-state index in [0.29, 0.717) is 23.4 Å². The molecule has 3 aromatic rings. The number of hydrogen-bond acceptors (Lipinski definition) is 3. The van der Waals surface area contributed by atoms with Crippen molar-refractivity contribution in [2.75, 3.05) is 5.32 Å². The molecule has 0 fully saturated rings. The van der Waals surface area contributed by atoms with E-state index in [0.717, 1.165) is 16.7 Å². The highest BCUT2D eigenvalue weighted by Crippen LogP contribution is 2.44. The maximum Gasteiger partial charge on any atom is 0.343 e. The summed E-state index contributed by atoms with van der Waals surface area (Å²) in [7, 11) is 0. The van der Waals surface area contributed by atoms with Crippen LogP contribution in [0.2, 0.25) is 0 Å². The van der Waals surface area contributed by atoms with E-state index in [1.54, 1.807) is 30.3 Å². The van der Waals surface area contributed by atoms with Crippen molar-refractivity contribution in [3.8, 4) is 16.9 Å². The number of esters is 1. The zero-order chi connectivity index (χ0) is 18.1. The van der Waals surface area contributed by atoms with Crippen LogP contribution in [-0.2, 0) is 11.2 Å². The summed E-state index contributed by atoms with van der Waals surface area (Å²) in [5, 5.41) is 2.77. The molecule has 26 heavy (non-hydrogen) atoms. The topological polar surface area (TPSA) is 55.4 Å². The Kier molecular flexibility index (Phi) is 4.01. The van der Waals surface area contributed by atoms with Crippen LogP contribution in [0.25, 0.3) is 11.1 Å². The van der Waals surface area contributed by atoms with Crippen molar-refractivity contribution < 1.29 is 14.3 Å². The van der Waals surface area contributed by atoms with Crippen LogP contribution >= 0.6 is 0 Å². The van der Waals surface area contributed by atoms with Crippen molar-refractivity contribution in [3.05, 3.63) is 83.4 Å². The van der Waals surface area contributed by atoms with Crippen molar-refractivity contribution in [2.45, 2.75) is 13.3 Å². The highest BCUT2D eigenvalue weighted by atomic mass is 16.5. The second kappa shape index (κ2) is 6.48. The van der Waals surface area contributed by atoms with Crippen LogP contribution in [-0.4, -0.2) is 11.9 Å². The zero-order valence-electron chi connectivity index (χ0n) is 14.3. The third-order valence-corrected chi connectivity index (χ3v) is 4.45. The third-order valence-electron chi connectivity index (χ3n) is 4.45. The van der Waals surface area contributed by atoms with Crippen molar-refractivity contribution in [1.82, 2.24) is 0 Å². The molecule has 0 unspecified atom stereocenters. The zero-order valence-corrected chi connectivity index (χ0v) is 14.3. The molecule has 1 N–H and O–H groups in total. The predicted octanol–water partition coefficient (Wildman–Crippen LogP) is 4.44. The molecule has 0 atom stereocenters. The van der Waals surface area contributed by atoms with Crippen molar-refractivity contribution in [2.24, 2.45) is 0 Å². The minimum atomic E-state index is -0.443. The van der Waals surface area contributed by atoms with Gasteiger partial charge in [-0.25, -0.2) is 4.79 Å². The molecule has 128 valence electrons. The summed E-state index contributed by atoms with van der Waals surface area (Å²) in [6, 6.07) is 20.7. The number of rotatable bonds is 3. The fraction of sp³-hybridized carbons (Fsp3) is 0.0909. The van der Waals surface area contributed by atoms with Gasteiger partial charge in [-0.05, 0) is 34.9 Å². The summed E-state index contributed by atoms with van der Waals surface area (Å²) in [4.78, 5) is 24.2. The maximum absolute atomic E-state index is 12.6. The average Bonchev–Trinajstić information content (AvgIpc) is 3.03. The van der Waals surface area contributed by atoms with Crippen molar-refractivity contribution in [3.63, 3.8) is 0 Å². The van der Waals surface area contributed by atoms with Crippen molar-refractivity contribution in [1.29, 1.82) is 0 Å². The number of hydrogen-bond donors (Lipinski definition) is 1. The molecule has 0 aliphatic heterocycles. The molecule has 1 amide bonds. The molecule has 4 heteroatoms. The van der Waals surface area contributed by atoms with E-state index in [1.807, 2.05) is 24.3 Å². The van der Waals surface area contributed by atoms with Gasteiger partial charge in [-0.3, -0.25) is 4.79 Å². The van der Waals surface area contributed by atoms with Gasteiger partial charge in [-0.15, -0.1) is 0 Å².